The third-order valence-electron chi connectivity index (χ3n) is 1.72. The summed E-state index contributed by atoms with van der Waals surface area (Å²) in [5.74, 6) is -0.459. The molecule has 1 aromatic carbocycles. The molecule has 0 aliphatic rings. The van der Waals surface area contributed by atoms with Crippen LogP contribution in [0.2, 0.25) is 0 Å². The fraction of sp³-hybridized carbons (Fsp3) is 0.200. The summed E-state index contributed by atoms with van der Waals surface area (Å²) in [6.07, 6.45) is 0. The van der Waals surface area contributed by atoms with Gasteiger partial charge in [0.2, 0.25) is 0 Å². The van der Waals surface area contributed by atoms with Gasteiger partial charge in [0.25, 0.3) is 0 Å². The smallest absolute Gasteiger partial charge is 0.403 e. The molecule has 0 bridgehead atoms. The van der Waals surface area contributed by atoms with Crippen LogP contribution in [0, 0.1) is 11.3 Å². The van der Waals surface area contributed by atoms with Crippen molar-refractivity contribution in [3.8, 4) is 6.07 Å². The molecule has 14 heavy (non-hydrogen) atoms. The van der Waals surface area contributed by atoms with E-state index in [2.05, 4.69) is 4.74 Å². The highest BCUT2D eigenvalue weighted by molar-refractivity contribution is 6.61. The molecule has 0 aliphatic carbocycles. The molecule has 0 amide bonds. The largest absolute Gasteiger partial charge is 0.452 e. The molecule has 0 saturated carbocycles. The number of nitriles is 1. The first-order valence-corrected chi connectivity index (χ1v) is 4.38. The molecule has 0 saturated heterocycles. The van der Waals surface area contributed by atoms with E-state index in [4.69, 9.17) is 16.9 Å². The molecule has 1 aromatic rings. The van der Waals surface area contributed by atoms with Gasteiger partial charge in [-0.2, -0.15) is 5.26 Å². The predicted octanol–water partition coefficient (Wildman–Crippen LogP) is 2.67. The number of hydrogen-bond donors (Lipinski definition) is 0. The zero-order valence-electron chi connectivity index (χ0n) is 7.31. The van der Waals surface area contributed by atoms with Crippen molar-refractivity contribution in [1.82, 2.24) is 0 Å². The van der Waals surface area contributed by atoms with E-state index in [0.717, 1.165) is 5.56 Å². The number of benzene rings is 1. The zero-order valence-corrected chi connectivity index (χ0v) is 8.07. The minimum atomic E-state index is -0.888. The molecule has 0 aromatic heterocycles. The number of ether oxygens (including phenoxy) is 1. The number of halogens is 1. The highest BCUT2D eigenvalue weighted by Crippen LogP contribution is 2.14. The molecule has 4 heteroatoms. The summed E-state index contributed by atoms with van der Waals surface area (Å²) < 4.78 is 4.55. The monoisotopic (exact) mass is 209 g/mol. The average molecular weight is 210 g/mol. The first kappa shape index (κ1) is 10.6. The van der Waals surface area contributed by atoms with Crippen molar-refractivity contribution in [3.63, 3.8) is 0 Å². The number of rotatable bonds is 3. The zero-order chi connectivity index (χ0) is 10.4. The summed E-state index contributed by atoms with van der Waals surface area (Å²) in [5.41, 5.74) is -0.0749. The third kappa shape index (κ3) is 3.08. The van der Waals surface area contributed by atoms with Crippen LogP contribution in [0.5, 0.6) is 0 Å². The Kier molecular flexibility index (Phi) is 3.96. The van der Waals surface area contributed by atoms with Gasteiger partial charge in [-0.05, 0) is 5.56 Å². The van der Waals surface area contributed by atoms with Crippen molar-refractivity contribution >= 4 is 17.0 Å². The standard InChI is InChI=1S/C10H8ClNO2/c11-10(13)14-7-9(6-12)8-4-2-1-3-5-8/h1-5,9H,7H2. The summed E-state index contributed by atoms with van der Waals surface area (Å²) in [4.78, 5) is 10.3. The first-order chi connectivity index (χ1) is 6.74. The second-order valence-corrected chi connectivity index (χ2v) is 2.95. The van der Waals surface area contributed by atoms with Crippen LogP contribution in [-0.2, 0) is 4.74 Å². The van der Waals surface area contributed by atoms with E-state index in [1.54, 1.807) is 12.1 Å². The van der Waals surface area contributed by atoms with Crippen LogP contribution in [0.4, 0.5) is 4.79 Å². The number of hydrogen-bond acceptors (Lipinski definition) is 3. The Bertz CT molecular complexity index is 345. The Morgan fingerprint density at radius 1 is 1.50 bits per heavy atom. The van der Waals surface area contributed by atoms with Crippen LogP contribution >= 0.6 is 11.6 Å². The van der Waals surface area contributed by atoms with Crippen molar-refractivity contribution in [1.29, 1.82) is 5.26 Å². The lowest BCUT2D eigenvalue weighted by atomic mass is 10.0. The molecule has 1 atom stereocenters. The van der Waals surface area contributed by atoms with E-state index in [-0.39, 0.29) is 6.61 Å². The van der Waals surface area contributed by atoms with Crippen LogP contribution in [0.3, 0.4) is 0 Å². The van der Waals surface area contributed by atoms with Crippen molar-refractivity contribution in [2.45, 2.75) is 5.92 Å². The van der Waals surface area contributed by atoms with Gasteiger partial charge in [-0.25, -0.2) is 4.79 Å². The molecule has 1 unspecified atom stereocenters. The number of nitrogens with zero attached hydrogens (tertiary/aromatic N) is 1. The summed E-state index contributed by atoms with van der Waals surface area (Å²) in [6, 6.07) is 11.1. The van der Waals surface area contributed by atoms with Gasteiger partial charge in [0, 0.05) is 11.6 Å². The van der Waals surface area contributed by atoms with E-state index in [1.807, 2.05) is 24.3 Å². The van der Waals surface area contributed by atoms with Gasteiger partial charge < -0.3 is 4.74 Å². The Balaban J connectivity index is 2.65. The number of carbonyl (C=O) groups is 1. The highest BCUT2D eigenvalue weighted by Gasteiger charge is 2.11. The van der Waals surface area contributed by atoms with Gasteiger partial charge in [-0.15, -0.1) is 0 Å². The van der Waals surface area contributed by atoms with Crippen LogP contribution in [0.15, 0.2) is 30.3 Å². The van der Waals surface area contributed by atoms with Crippen LogP contribution in [-0.4, -0.2) is 12.0 Å². The van der Waals surface area contributed by atoms with Gasteiger partial charge >= 0.3 is 5.43 Å². The van der Waals surface area contributed by atoms with E-state index in [1.165, 1.54) is 0 Å². The maximum atomic E-state index is 10.3. The molecule has 0 fully saturated rings. The molecular formula is C10H8ClNO2. The summed E-state index contributed by atoms with van der Waals surface area (Å²) in [6.45, 7) is -0.0111. The van der Waals surface area contributed by atoms with Crippen molar-refractivity contribution in [3.05, 3.63) is 35.9 Å². The molecule has 1 rings (SSSR count). The predicted molar refractivity (Wildman–Crippen MR) is 52.0 cm³/mol. The van der Waals surface area contributed by atoms with E-state index in [0.29, 0.717) is 0 Å². The molecule has 0 N–H and O–H groups in total. The third-order valence-corrected chi connectivity index (χ3v) is 1.83. The van der Waals surface area contributed by atoms with Crippen molar-refractivity contribution in [2.24, 2.45) is 0 Å². The topological polar surface area (TPSA) is 50.1 Å². The average Bonchev–Trinajstić information content (AvgIpc) is 2.20. The number of carbonyl (C=O) groups excluding carboxylic acids is 1. The quantitative estimate of drug-likeness (QED) is 0.720. The van der Waals surface area contributed by atoms with Gasteiger partial charge in [0.15, 0.2) is 0 Å². The van der Waals surface area contributed by atoms with Gasteiger partial charge in [0.1, 0.15) is 12.5 Å². The molecule has 0 aliphatic heterocycles. The second kappa shape index (κ2) is 5.25. The SMILES string of the molecule is N#CC(COC(=O)Cl)c1ccccc1. The van der Waals surface area contributed by atoms with E-state index < -0.39 is 11.3 Å². The van der Waals surface area contributed by atoms with E-state index in [9.17, 15) is 4.79 Å². The summed E-state index contributed by atoms with van der Waals surface area (Å²) in [5, 5.41) is 8.81. The Morgan fingerprint density at radius 3 is 2.64 bits per heavy atom. The minimum Gasteiger partial charge on any atom is -0.452 e. The van der Waals surface area contributed by atoms with Gasteiger partial charge in [-0.1, -0.05) is 30.3 Å². The Morgan fingerprint density at radius 2 is 2.14 bits per heavy atom. The van der Waals surface area contributed by atoms with Crippen molar-refractivity contribution < 1.29 is 9.53 Å². The normalized spacial score (nSPS) is 11.4. The maximum absolute atomic E-state index is 10.3. The fourth-order valence-corrected chi connectivity index (χ4v) is 1.11. The maximum Gasteiger partial charge on any atom is 0.403 e. The molecular weight excluding hydrogens is 202 g/mol. The second-order valence-electron chi connectivity index (χ2n) is 2.64. The lowest BCUT2D eigenvalue weighted by Crippen LogP contribution is -2.07. The van der Waals surface area contributed by atoms with Crippen LogP contribution in [0.1, 0.15) is 11.5 Å². The molecule has 3 nitrogen and oxygen atoms in total. The van der Waals surface area contributed by atoms with E-state index >= 15 is 0 Å². The lowest BCUT2D eigenvalue weighted by Gasteiger charge is -2.07. The molecule has 0 spiro atoms. The van der Waals surface area contributed by atoms with Gasteiger partial charge in [-0.3, -0.25) is 0 Å². The van der Waals surface area contributed by atoms with Crippen molar-refractivity contribution in [2.75, 3.05) is 6.61 Å². The molecule has 0 radical (unpaired) electrons. The Labute approximate surface area is 86.9 Å². The molecule has 72 valence electrons. The minimum absolute atomic E-state index is 0.0111. The highest BCUT2D eigenvalue weighted by atomic mass is 35.5. The van der Waals surface area contributed by atoms with Gasteiger partial charge in [0.05, 0.1) is 6.07 Å². The summed E-state index contributed by atoms with van der Waals surface area (Å²) >= 11 is 5.00. The lowest BCUT2D eigenvalue weighted by molar-refractivity contribution is 0.171. The van der Waals surface area contributed by atoms with Crippen LogP contribution in [0.25, 0.3) is 0 Å². The summed E-state index contributed by atoms with van der Waals surface area (Å²) in [7, 11) is 0. The molecule has 0 heterocycles. The fourth-order valence-electron chi connectivity index (χ4n) is 1.04. The Hall–Kier alpha value is -1.53. The van der Waals surface area contributed by atoms with Crippen LogP contribution < -0.4 is 0 Å². The first-order valence-electron chi connectivity index (χ1n) is 4.01.